The van der Waals surface area contributed by atoms with Gasteiger partial charge in [-0.1, -0.05) is 13.8 Å². The highest BCUT2D eigenvalue weighted by molar-refractivity contribution is 5.79. The van der Waals surface area contributed by atoms with Gasteiger partial charge in [0.25, 0.3) is 0 Å². The lowest BCUT2D eigenvalue weighted by molar-refractivity contribution is -0.126. The third-order valence-corrected chi connectivity index (χ3v) is 3.73. The normalized spacial score (nSPS) is 16.3. The summed E-state index contributed by atoms with van der Waals surface area (Å²) >= 11 is 0. The summed E-state index contributed by atoms with van der Waals surface area (Å²) in [5.41, 5.74) is -0.483. The van der Waals surface area contributed by atoms with Crippen LogP contribution >= 0.6 is 0 Å². The van der Waals surface area contributed by atoms with Gasteiger partial charge in [0.1, 0.15) is 5.60 Å². The minimum Gasteiger partial charge on any atom is -0.444 e. The number of piperidine rings is 1. The molecule has 0 unspecified atom stereocenters. The topological polar surface area (TPSA) is 67.9 Å². The molecule has 0 radical (unpaired) electrons. The Balaban J connectivity index is 2.18. The van der Waals surface area contributed by atoms with Gasteiger partial charge in [-0.15, -0.1) is 0 Å². The second kappa shape index (κ2) is 9.87. The summed E-state index contributed by atoms with van der Waals surface area (Å²) in [4.78, 5) is 25.8. The molecule has 1 N–H and O–H groups in total. The zero-order chi connectivity index (χ0) is 18.2. The van der Waals surface area contributed by atoms with Crippen molar-refractivity contribution >= 4 is 12.0 Å². The number of ether oxygens (including phenoxy) is 2. The van der Waals surface area contributed by atoms with E-state index < -0.39 is 5.60 Å². The Bertz CT molecular complexity index is 396. The SMILES string of the molecule is CC(C)COCCCNC(=O)C1CCN(C(=O)OC(C)(C)C)CC1. The van der Waals surface area contributed by atoms with Gasteiger partial charge in [0.15, 0.2) is 0 Å². The summed E-state index contributed by atoms with van der Waals surface area (Å²) < 4.78 is 10.9. The number of hydrogen-bond donors (Lipinski definition) is 1. The van der Waals surface area contributed by atoms with E-state index in [2.05, 4.69) is 19.2 Å². The maximum Gasteiger partial charge on any atom is 0.410 e. The first-order chi connectivity index (χ1) is 11.2. The first kappa shape index (κ1) is 20.7. The van der Waals surface area contributed by atoms with Crippen LogP contribution in [-0.4, -0.2) is 55.3 Å². The Morgan fingerprint density at radius 2 is 1.83 bits per heavy atom. The fourth-order valence-corrected chi connectivity index (χ4v) is 2.50. The molecule has 0 bridgehead atoms. The van der Waals surface area contributed by atoms with E-state index in [0.717, 1.165) is 13.0 Å². The number of rotatable bonds is 7. The molecule has 1 fully saturated rings. The van der Waals surface area contributed by atoms with Crippen molar-refractivity contribution in [3.8, 4) is 0 Å². The van der Waals surface area contributed by atoms with E-state index in [1.165, 1.54) is 0 Å². The standard InChI is InChI=1S/C18H34N2O4/c1-14(2)13-23-12-6-9-19-16(21)15-7-10-20(11-8-15)17(22)24-18(3,4)5/h14-15H,6-13H2,1-5H3,(H,19,21). The van der Waals surface area contributed by atoms with E-state index in [1.54, 1.807) is 4.90 Å². The van der Waals surface area contributed by atoms with Crippen LogP contribution in [-0.2, 0) is 14.3 Å². The molecule has 140 valence electrons. The monoisotopic (exact) mass is 342 g/mol. The smallest absolute Gasteiger partial charge is 0.410 e. The van der Waals surface area contributed by atoms with Gasteiger partial charge in [-0.25, -0.2) is 4.79 Å². The summed E-state index contributed by atoms with van der Waals surface area (Å²) in [6.45, 7) is 13.0. The molecule has 24 heavy (non-hydrogen) atoms. The molecule has 0 aromatic heterocycles. The lowest BCUT2D eigenvalue weighted by Crippen LogP contribution is -2.45. The lowest BCUT2D eigenvalue weighted by Gasteiger charge is -2.32. The molecule has 6 heteroatoms. The second-order valence-corrected chi connectivity index (χ2v) is 7.86. The van der Waals surface area contributed by atoms with Crippen molar-refractivity contribution in [2.45, 2.75) is 59.5 Å². The highest BCUT2D eigenvalue weighted by atomic mass is 16.6. The molecule has 1 rings (SSSR count). The molecule has 0 spiro atoms. The Morgan fingerprint density at radius 3 is 2.38 bits per heavy atom. The molecule has 6 nitrogen and oxygen atoms in total. The maximum absolute atomic E-state index is 12.2. The maximum atomic E-state index is 12.2. The molecule has 1 heterocycles. The van der Waals surface area contributed by atoms with Gasteiger partial charge in [-0.3, -0.25) is 4.79 Å². The quantitative estimate of drug-likeness (QED) is 0.723. The Kier molecular flexibility index (Phi) is 8.53. The third-order valence-electron chi connectivity index (χ3n) is 3.73. The summed E-state index contributed by atoms with van der Waals surface area (Å²) in [7, 11) is 0. The van der Waals surface area contributed by atoms with Crippen molar-refractivity contribution in [2.75, 3.05) is 32.8 Å². The van der Waals surface area contributed by atoms with Crippen molar-refractivity contribution in [2.24, 2.45) is 11.8 Å². The molecular weight excluding hydrogens is 308 g/mol. The van der Waals surface area contributed by atoms with E-state index in [9.17, 15) is 9.59 Å². The van der Waals surface area contributed by atoms with Gasteiger partial charge < -0.3 is 19.7 Å². The van der Waals surface area contributed by atoms with Gasteiger partial charge in [0.05, 0.1) is 0 Å². The molecule has 0 aromatic rings. The zero-order valence-electron chi connectivity index (χ0n) is 15.9. The lowest BCUT2D eigenvalue weighted by atomic mass is 9.96. The van der Waals surface area contributed by atoms with Gasteiger partial charge in [0.2, 0.25) is 5.91 Å². The van der Waals surface area contributed by atoms with E-state index in [1.807, 2.05) is 20.8 Å². The third kappa shape index (κ3) is 8.52. The summed E-state index contributed by atoms with van der Waals surface area (Å²) in [6, 6.07) is 0. The predicted molar refractivity (Wildman–Crippen MR) is 93.8 cm³/mol. The number of hydrogen-bond acceptors (Lipinski definition) is 4. The second-order valence-electron chi connectivity index (χ2n) is 7.86. The van der Waals surface area contributed by atoms with Crippen LogP contribution in [0.3, 0.4) is 0 Å². The molecule has 0 aliphatic carbocycles. The first-order valence-corrected chi connectivity index (χ1v) is 9.02. The van der Waals surface area contributed by atoms with Crippen LogP contribution in [0.4, 0.5) is 4.79 Å². The highest BCUT2D eigenvalue weighted by Gasteiger charge is 2.29. The van der Waals surface area contributed by atoms with Crippen molar-refractivity contribution in [3.63, 3.8) is 0 Å². The fraction of sp³-hybridized carbons (Fsp3) is 0.889. The van der Waals surface area contributed by atoms with Gasteiger partial charge in [0, 0.05) is 38.8 Å². The van der Waals surface area contributed by atoms with Gasteiger partial charge in [-0.2, -0.15) is 0 Å². The Hall–Kier alpha value is -1.30. The van der Waals surface area contributed by atoms with Crippen molar-refractivity contribution in [3.05, 3.63) is 0 Å². The van der Waals surface area contributed by atoms with E-state index in [4.69, 9.17) is 9.47 Å². The number of nitrogens with zero attached hydrogens (tertiary/aromatic N) is 1. The Morgan fingerprint density at radius 1 is 1.21 bits per heavy atom. The minimum absolute atomic E-state index is 0.0136. The van der Waals surface area contributed by atoms with Crippen LogP contribution in [0.25, 0.3) is 0 Å². The summed E-state index contributed by atoms with van der Waals surface area (Å²) in [6.07, 6.45) is 1.92. The highest BCUT2D eigenvalue weighted by Crippen LogP contribution is 2.19. The van der Waals surface area contributed by atoms with Crippen molar-refractivity contribution in [1.29, 1.82) is 0 Å². The van der Waals surface area contributed by atoms with Crippen LogP contribution in [0.15, 0.2) is 0 Å². The Labute approximate surface area is 146 Å². The molecule has 1 aliphatic heterocycles. The average molecular weight is 342 g/mol. The molecular formula is C18H34N2O4. The molecule has 0 aromatic carbocycles. The zero-order valence-corrected chi connectivity index (χ0v) is 15.9. The molecule has 0 atom stereocenters. The average Bonchev–Trinajstić information content (AvgIpc) is 2.48. The van der Waals surface area contributed by atoms with Gasteiger partial charge in [-0.05, 0) is 46.0 Å². The van der Waals surface area contributed by atoms with Crippen LogP contribution < -0.4 is 5.32 Å². The predicted octanol–water partition coefficient (Wildman–Crippen LogP) is 2.81. The fourth-order valence-electron chi connectivity index (χ4n) is 2.50. The summed E-state index contributed by atoms with van der Waals surface area (Å²) in [5, 5.41) is 2.97. The molecule has 0 saturated carbocycles. The van der Waals surface area contributed by atoms with Gasteiger partial charge >= 0.3 is 6.09 Å². The number of carbonyl (C=O) groups excluding carboxylic acids is 2. The minimum atomic E-state index is -0.483. The first-order valence-electron chi connectivity index (χ1n) is 9.02. The molecule has 2 amide bonds. The van der Waals surface area contributed by atoms with Crippen molar-refractivity contribution in [1.82, 2.24) is 10.2 Å². The van der Waals surface area contributed by atoms with Crippen LogP contribution in [0, 0.1) is 11.8 Å². The van der Waals surface area contributed by atoms with E-state index >= 15 is 0 Å². The number of nitrogens with one attached hydrogen (secondary N) is 1. The molecule has 1 aliphatic rings. The van der Waals surface area contributed by atoms with E-state index in [0.29, 0.717) is 45.0 Å². The van der Waals surface area contributed by atoms with Crippen LogP contribution in [0.1, 0.15) is 53.9 Å². The summed E-state index contributed by atoms with van der Waals surface area (Å²) in [5.74, 6) is 0.609. The van der Waals surface area contributed by atoms with Crippen LogP contribution in [0.2, 0.25) is 0 Å². The largest absolute Gasteiger partial charge is 0.444 e. The van der Waals surface area contributed by atoms with E-state index in [-0.39, 0.29) is 17.9 Å². The number of carbonyl (C=O) groups is 2. The van der Waals surface area contributed by atoms with Crippen LogP contribution in [0.5, 0.6) is 0 Å². The van der Waals surface area contributed by atoms with Crippen molar-refractivity contribution < 1.29 is 19.1 Å². The number of amides is 2. The number of likely N-dealkylation sites (tertiary alicyclic amines) is 1. The molecule has 1 saturated heterocycles.